The lowest BCUT2D eigenvalue weighted by molar-refractivity contribution is 0.134. The summed E-state index contributed by atoms with van der Waals surface area (Å²) >= 11 is 0. The summed E-state index contributed by atoms with van der Waals surface area (Å²) in [7, 11) is 3.05. The third-order valence-electron chi connectivity index (χ3n) is 2.60. The quantitative estimate of drug-likeness (QED) is 0.778. The monoisotopic (exact) mass is 276 g/mol. The third kappa shape index (κ3) is 2.35. The van der Waals surface area contributed by atoms with Crippen molar-refractivity contribution in [3.05, 3.63) is 17.7 Å². The molecular formula is C11H13ClO4S. The van der Waals surface area contributed by atoms with Crippen molar-refractivity contribution in [3.63, 3.8) is 0 Å². The molecule has 0 fully saturated rings. The molecule has 0 saturated heterocycles. The summed E-state index contributed by atoms with van der Waals surface area (Å²) < 4.78 is 33.5. The van der Waals surface area contributed by atoms with Gasteiger partial charge in [-0.3, -0.25) is 0 Å². The van der Waals surface area contributed by atoms with Crippen LogP contribution in [0.5, 0.6) is 11.5 Å². The summed E-state index contributed by atoms with van der Waals surface area (Å²) in [5, 5.41) is 0. The van der Waals surface area contributed by atoms with E-state index in [1.807, 2.05) is 13.8 Å². The van der Waals surface area contributed by atoms with Crippen LogP contribution in [0, 0.1) is 0 Å². The van der Waals surface area contributed by atoms with E-state index >= 15 is 0 Å². The normalized spacial score (nSPS) is 17.4. The van der Waals surface area contributed by atoms with Gasteiger partial charge in [-0.2, -0.15) is 0 Å². The first kappa shape index (κ1) is 12.5. The summed E-state index contributed by atoms with van der Waals surface area (Å²) in [6, 6.07) is 2.91. The second kappa shape index (κ2) is 3.78. The Kier molecular flexibility index (Phi) is 2.78. The van der Waals surface area contributed by atoms with Crippen molar-refractivity contribution < 1.29 is 17.9 Å². The predicted molar refractivity (Wildman–Crippen MR) is 64.4 cm³/mol. The van der Waals surface area contributed by atoms with E-state index in [0.29, 0.717) is 17.9 Å². The van der Waals surface area contributed by atoms with E-state index in [0.717, 1.165) is 5.56 Å². The molecule has 0 unspecified atom stereocenters. The molecule has 6 heteroatoms. The summed E-state index contributed by atoms with van der Waals surface area (Å²) in [6.07, 6.45) is 0.624. The van der Waals surface area contributed by atoms with Crippen LogP contribution < -0.4 is 9.47 Å². The minimum Gasteiger partial charge on any atom is -0.493 e. The average molecular weight is 277 g/mol. The van der Waals surface area contributed by atoms with Crippen molar-refractivity contribution >= 4 is 19.7 Å². The van der Waals surface area contributed by atoms with Crippen LogP contribution in [-0.2, 0) is 15.5 Å². The molecule has 0 amide bonds. The molecule has 1 heterocycles. The Morgan fingerprint density at radius 3 is 2.59 bits per heavy atom. The molecule has 1 aromatic rings. The van der Waals surface area contributed by atoms with E-state index in [2.05, 4.69) is 0 Å². The number of halogens is 1. The maximum atomic E-state index is 11.3. The molecule has 2 rings (SSSR count). The molecule has 0 radical (unpaired) electrons. The maximum Gasteiger partial charge on any atom is 0.261 e. The van der Waals surface area contributed by atoms with Crippen LogP contribution in [0.25, 0.3) is 0 Å². The van der Waals surface area contributed by atoms with Crippen molar-refractivity contribution in [1.82, 2.24) is 0 Å². The van der Waals surface area contributed by atoms with Gasteiger partial charge in [-0.05, 0) is 19.9 Å². The highest BCUT2D eigenvalue weighted by Crippen LogP contribution is 2.43. The molecule has 0 spiro atoms. The number of benzene rings is 1. The highest BCUT2D eigenvalue weighted by Gasteiger charge is 2.33. The number of methoxy groups -OCH3 is 1. The fraction of sp³-hybridized carbons (Fsp3) is 0.455. The van der Waals surface area contributed by atoms with Crippen molar-refractivity contribution in [1.29, 1.82) is 0 Å². The lowest BCUT2D eigenvalue weighted by atomic mass is 10.0. The van der Waals surface area contributed by atoms with Crippen LogP contribution in [0.3, 0.4) is 0 Å². The van der Waals surface area contributed by atoms with Gasteiger partial charge in [0, 0.05) is 28.7 Å². The molecule has 0 aromatic heterocycles. The van der Waals surface area contributed by atoms with E-state index in [1.54, 1.807) is 0 Å². The van der Waals surface area contributed by atoms with Crippen LogP contribution in [0.1, 0.15) is 19.4 Å². The molecule has 0 aliphatic carbocycles. The van der Waals surface area contributed by atoms with Crippen LogP contribution >= 0.6 is 10.7 Å². The van der Waals surface area contributed by atoms with Gasteiger partial charge in [0.05, 0.1) is 12.0 Å². The third-order valence-corrected chi connectivity index (χ3v) is 3.93. The molecule has 1 aliphatic heterocycles. The molecule has 17 heavy (non-hydrogen) atoms. The Labute approximate surface area is 105 Å². The molecule has 4 nitrogen and oxygen atoms in total. The van der Waals surface area contributed by atoms with E-state index in [-0.39, 0.29) is 10.5 Å². The summed E-state index contributed by atoms with van der Waals surface area (Å²) in [4.78, 5) is 0.0380. The molecule has 0 saturated carbocycles. The van der Waals surface area contributed by atoms with Gasteiger partial charge < -0.3 is 9.47 Å². The molecular weight excluding hydrogens is 264 g/mol. The summed E-state index contributed by atoms with van der Waals surface area (Å²) in [5.41, 5.74) is 0.443. The standard InChI is InChI=1S/C11H13ClO4S/c1-11(2)6-7-4-8(17(12,13)14)5-9(15-3)10(7)16-11/h4-5H,6H2,1-3H3. The number of hydrogen-bond acceptors (Lipinski definition) is 4. The van der Waals surface area contributed by atoms with Crippen molar-refractivity contribution in [3.8, 4) is 11.5 Å². The van der Waals surface area contributed by atoms with Crippen LogP contribution in [0.4, 0.5) is 0 Å². The van der Waals surface area contributed by atoms with Gasteiger partial charge >= 0.3 is 0 Å². The molecule has 1 aromatic carbocycles. The SMILES string of the molecule is COc1cc(S(=O)(=O)Cl)cc2c1OC(C)(C)C2. The Balaban J connectivity index is 2.61. The highest BCUT2D eigenvalue weighted by atomic mass is 35.7. The molecule has 0 bridgehead atoms. The fourth-order valence-electron chi connectivity index (χ4n) is 1.94. The van der Waals surface area contributed by atoms with E-state index in [9.17, 15) is 8.42 Å². The number of fused-ring (bicyclic) bond motifs is 1. The second-order valence-corrected chi connectivity index (χ2v) is 7.16. The maximum absolute atomic E-state index is 11.3. The second-order valence-electron chi connectivity index (χ2n) is 4.59. The zero-order valence-corrected chi connectivity index (χ0v) is 11.4. The topological polar surface area (TPSA) is 52.6 Å². The number of rotatable bonds is 2. The van der Waals surface area contributed by atoms with Gasteiger partial charge in [0.15, 0.2) is 11.5 Å². The van der Waals surface area contributed by atoms with E-state index < -0.39 is 9.05 Å². The van der Waals surface area contributed by atoms with Gasteiger partial charge in [0.25, 0.3) is 9.05 Å². The minimum absolute atomic E-state index is 0.0380. The van der Waals surface area contributed by atoms with Gasteiger partial charge in [-0.25, -0.2) is 8.42 Å². The Bertz CT molecular complexity index is 563. The van der Waals surface area contributed by atoms with Crippen LogP contribution in [0.15, 0.2) is 17.0 Å². The average Bonchev–Trinajstić information content (AvgIpc) is 2.48. The van der Waals surface area contributed by atoms with Gasteiger partial charge in [-0.15, -0.1) is 0 Å². The highest BCUT2D eigenvalue weighted by molar-refractivity contribution is 8.13. The molecule has 0 atom stereocenters. The first-order valence-electron chi connectivity index (χ1n) is 5.07. The Morgan fingerprint density at radius 2 is 2.06 bits per heavy atom. The smallest absolute Gasteiger partial charge is 0.261 e. The summed E-state index contributed by atoms with van der Waals surface area (Å²) in [5.74, 6) is 0.994. The number of ether oxygens (including phenoxy) is 2. The number of hydrogen-bond donors (Lipinski definition) is 0. The first-order chi connectivity index (χ1) is 7.73. The van der Waals surface area contributed by atoms with Crippen LogP contribution in [0.2, 0.25) is 0 Å². The molecule has 1 aliphatic rings. The largest absolute Gasteiger partial charge is 0.493 e. The van der Waals surface area contributed by atoms with Gasteiger partial charge in [-0.1, -0.05) is 0 Å². The van der Waals surface area contributed by atoms with Crippen molar-refractivity contribution in [2.45, 2.75) is 30.8 Å². The van der Waals surface area contributed by atoms with E-state index in [4.69, 9.17) is 20.2 Å². The fourth-order valence-corrected chi connectivity index (χ4v) is 2.74. The predicted octanol–water partition coefficient (Wildman–Crippen LogP) is 2.34. The zero-order chi connectivity index (χ0) is 12.8. The first-order valence-corrected chi connectivity index (χ1v) is 7.38. The molecule has 94 valence electrons. The zero-order valence-electron chi connectivity index (χ0n) is 9.78. The van der Waals surface area contributed by atoms with Gasteiger partial charge in [0.2, 0.25) is 0 Å². The van der Waals surface area contributed by atoms with Crippen LogP contribution in [-0.4, -0.2) is 21.1 Å². The minimum atomic E-state index is -3.76. The van der Waals surface area contributed by atoms with Gasteiger partial charge in [0.1, 0.15) is 5.60 Å². The lowest BCUT2D eigenvalue weighted by Gasteiger charge is -2.17. The summed E-state index contributed by atoms with van der Waals surface area (Å²) in [6.45, 7) is 3.86. The van der Waals surface area contributed by atoms with Crippen molar-refractivity contribution in [2.75, 3.05) is 7.11 Å². The lowest BCUT2D eigenvalue weighted by Crippen LogP contribution is -2.24. The Morgan fingerprint density at radius 1 is 1.41 bits per heavy atom. The van der Waals surface area contributed by atoms with Crippen molar-refractivity contribution in [2.24, 2.45) is 0 Å². The Hall–Kier alpha value is -0.940. The van der Waals surface area contributed by atoms with E-state index in [1.165, 1.54) is 19.2 Å². The molecule has 0 N–H and O–H groups in total.